The Kier molecular flexibility index (Phi) is 7.18. The summed E-state index contributed by atoms with van der Waals surface area (Å²) in [5.41, 5.74) is 2.40. The van der Waals surface area contributed by atoms with E-state index in [9.17, 15) is 14.0 Å². The zero-order valence-corrected chi connectivity index (χ0v) is 24.2. The van der Waals surface area contributed by atoms with Crippen molar-refractivity contribution in [3.63, 3.8) is 0 Å². The highest BCUT2D eigenvalue weighted by Crippen LogP contribution is 2.32. The number of nitrogens with one attached hydrogen (secondary N) is 1. The first-order valence-corrected chi connectivity index (χ1v) is 13.4. The Labute approximate surface area is 237 Å². The average Bonchev–Trinajstić information content (AvgIpc) is 3.26. The quantitative estimate of drug-likeness (QED) is 0.376. The number of amides is 2. The predicted octanol–water partition coefficient (Wildman–Crippen LogP) is 4.82. The Morgan fingerprint density at radius 3 is 2.44 bits per heavy atom. The number of methoxy groups -OCH3 is 1. The molecule has 11 nitrogen and oxygen atoms in total. The standard InChI is InChI=1S/C29H34FN7O4/c1-16-12-36-15-19(10-21(30)26(36)32-16)33-27(38)20-8-9-22(25-24(20)34-23(40-7)11-31-25)35-13-17(2)37(18(3)14-35)28(39)41-29(4,5)6/h8-12,15,17-18H,13-14H2,1-7H3,(H,33,38)/t17-,18?/m0/s1. The number of carbonyl (C=O) groups excluding carboxylic acids is 2. The average molecular weight is 564 g/mol. The first kappa shape index (κ1) is 28.1. The molecule has 12 heteroatoms. The number of pyridine rings is 1. The lowest BCUT2D eigenvalue weighted by atomic mass is 10.1. The summed E-state index contributed by atoms with van der Waals surface area (Å²) in [6, 6.07) is 4.44. The van der Waals surface area contributed by atoms with E-state index in [0.29, 0.717) is 29.8 Å². The molecule has 1 fully saturated rings. The van der Waals surface area contributed by atoms with Crippen molar-refractivity contribution in [2.24, 2.45) is 0 Å². The van der Waals surface area contributed by atoms with Gasteiger partial charge in [0.05, 0.1) is 48.0 Å². The molecule has 3 aromatic heterocycles. The lowest BCUT2D eigenvalue weighted by Gasteiger charge is -2.45. The molecule has 4 heterocycles. The molecule has 1 aliphatic rings. The molecule has 216 valence electrons. The van der Waals surface area contributed by atoms with Crippen molar-refractivity contribution in [1.29, 1.82) is 0 Å². The second-order valence-corrected chi connectivity index (χ2v) is 11.4. The fourth-order valence-electron chi connectivity index (χ4n) is 5.25. The Bertz CT molecular complexity index is 1640. The van der Waals surface area contributed by atoms with E-state index >= 15 is 0 Å². The van der Waals surface area contributed by atoms with Crippen molar-refractivity contribution in [3.05, 3.63) is 53.9 Å². The molecular formula is C29H34FN7O4. The van der Waals surface area contributed by atoms with E-state index < -0.39 is 17.3 Å². The highest BCUT2D eigenvalue weighted by atomic mass is 19.1. The van der Waals surface area contributed by atoms with Gasteiger partial charge in [-0.2, -0.15) is 0 Å². The van der Waals surface area contributed by atoms with Gasteiger partial charge in [-0.25, -0.2) is 24.1 Å². The van der Waals surface area contributed by atoms with Crippen molar-refractivity contribution in [3.8, 4) is 5.88 Å². The molecule has 1 N–H and O–H groups in total. The smallest absolute Gasteiger partial charge is 0.410 e. The van der Waals surface area contributed by atoms with Crippen molar-refractivity contribution in [2.45, 2.75) is 59.2 Å². The van der Waals surface area contributed by atoms with E-state index in [1.165, 1.54) is 23.8 Å². The lowest BCUT2D eigenvalue weighted by molar-refractivity contribution is 0.00566. The number of anilines is 2. The van der Waals surface area contributed by atoms with Crippen LogP contribution in [0.2, 0.25) is 0 Å². The van der Waals surface area contributed by atoms with Crippen LogP contribution in [0.5, 0.6) is 5.88 Å². The highest BCUT2D eigenvalue weighted by Gasteiger charge is 2.36. The number of imidazole rings is 1. The van der Waals surface area contributed by atoms with E-state index in [-0.39, 0.29) is 41.0 Å². The molecule has 1 saturated heterocycles. The molecule has 1 unspecified atom stereocenters. The van der Waals surface area contributed by atoms with Crippen LogP contribution in [0, 0.1) is 12.7 Å². The largest absolute Gasteiger partial charge is 0.480 e. The molecule has 0 aliphatic carbocycles. The van der Waals surface area contributed by atoms with E-state index in [0.717, 1.165) is 5.69 Å². The SMILES string of the molecule is COc1cnc2c(N3CC(C)N(C(=O)OC(C)(C)C)[C@@H](C)C3)ccc(C(=O)Nc3cc(F)c4nc(C)cn4c3)c2n1. The molecule has 4 aromatic rings. The lowest BCUT2D eigenvalue weighted by Crippen LogP contribution is -2.59. The fraction of sp³-hybridized carbons (Fsp3) is 0.414. The van der Waals surface area contributed by atoms with Crippen molar-refractivity contribution in [2.75, 3.05) is 30.4 Å². The maximum Gasteiger partial charge on any atom is 0.410 e. The van der Waals surface area contributed by atoms with Crippen LogP contribution in [0.4, 0.5) is 20.6 Å². The van der Waals surface area contributed by atoms with Crippen molar-refractivity contribution >= 4 is 40.1 Å². The second kappa shape index (κ2) is 10.5. The maximum absolute atomic E-state index is 14.6. The molecule has 1 aromatic carbocycles. The summed E-state index contributed by atoms with van der Waals surface area (Å²) >= 11 is 0. The molecule has 0 saturated carbocycles. The first-order chi connectivity index (χ1) is 19.3. The maximum atomic E-state index is 14.6. The van der Waals surface area contributed by atoms with Gasteiger partial charge in [0.25, 0.3) is 5.91 Å². The summed E-state index contributed by atoms with van der Waals surface area (Å²) in [5, 5.41) is 2.77. The summed E-state index contributed by atoms with van der Waals surface area (Å²) in [6.45, 7) is 12.3. The Balaban J connectivity index is 1.46. The van der Waals surface area contributed by atoms with Gasteiger partial charge in [0, 0.05) is 31.5 Å². The minimum absolute atomic E-state index is 0.144. The molecule has 41 heavy (non-hydrogen) atoms. The number of hydrogen-bond acceptors (Lipinski definition) is 8. The number of carbonyl (C=O) groups is 2. The number of halogens is 1. The van der Waals surface area contributed by atoms with E-state index in [1.807, 2.05) is 40.7 Å². The first-order valence-electron chi connectivity index (χ1n) is 13.4. The normalized spacial score (nSPS) is 17.7. The van der Waals surface area contributed by atoms with Crippen molar-refractivity contribution < 1.29 is 23.5 Å². The second-order valence-electron chi connectivity index (χ2n) is 11.4. The highest BCUT2D eigenvalue weighted by molar-refractivity contribution is 6.13. The molecule has 0 bridgehead atoms. The predicted molar refractivity (Wildman–Crippen MR) is 153 cm³/mol. The molecule has 0 radical (unpaired) electrons. The fourth-order valence-corrected chi connectivity index (χ4v) is 5.25. The number of hydrogen-bond donors (Lipinski definition) is 1. The van der Waals surface area contributed by atoms with Crippen LogP contribution < -0.4 is 15.0 Å². The van der Waals surface area contributed by atoms with Gasteiger partial charge in [0.15, 0.2) is 11.5 Å². The third kappa shape index (κ3) is 5.59. The van der Waals surface area contributed by atoms with Gasteiger partial charge >= 0.3 is 6.09 Å². The van der Waals surface area contributed by atoms with Crippen LogP contribution in [0.1, 0.15) is 50.7 Å². The summed E-state index contributed by atoms with van der Waals surface area (Å²) in [7, 11) is 1.48. The summed E-state index contributed by atoms with van der Waals surface area (Å²) in [6.07, 6.45) is 4.44. The third-order valence-electron chi connectivity index (χ3n) is 6.86. The van der Waals surface area contributed by atoms with Crippen LogP contribution in [-0.4, -0.2) is 74.1 Å². The van der Waals surface area contributed by atoms with E-state index in [1.54, 1.807) is 30.3 Å². The number of benzene rings is 1. The van der Waals surface area contributed by atoms with Crippen LogP contribution >= 0.6 is 0 Å². The number of aryl methyl sites for hydroxylation is 1. The van der Waals surface area contributed by atoms with Gasteiger partial charge in [0.1, 0.15) is 16.6 Å². The van der Waals surface area contributed by atoms with Gasteiger partial charge < -0.3 is 24.1 Å². The Hall–Kier alpha value is -4.48. The molecular weight excluding hydrogens is 529 g/mol. The molecule has 5 rings (SSSR count). The minimum Gasteiger partial charge on any atom is -0.480 e. The zero-order chi connectivity index (χ0) is 29.6. The van der Waals surface area contributed by atoms with Gasteiger partial charge in [0.2, 0.25) is 5.88 Å². The molecule has 2 atom stereocenters. The van der Waals surface area contributed by atoms with Gasteiger partial charge in [-0.05, 0) is 53.7 Å². The third-order valence-corrected chi connectivity index (χ3v) is 6.86. The number of ether oxygens (including phenoxy) is 2. The van der Waals surface area contributed by atoms with Crippen molar-refractivity contribution in [1.82, 2.24) is 24.3 Å². The van der Waals surface area contributed by atoms with Crippen LogP contribution in [0.25, 0.3) is 16.7 Å². The number of nitrogens with zero attached hydrogens (tertiary/aromatic N) is 6. The minimum atomic E-state index is -0.593. The molecule has 0 spiro atoms. The number of piperazine rings is 1. The Morgan fingerprint density at radius 1 is 1.07 bits per heavy atom. The zero-order valence-electron chi connectivity index (χ0n) is 24.2. The monoisotopic (exact) mass is 563 g/mol. The van der Waals surface area contributed by atoms with Gasteiger partial charge in [-0.3, -0.25) is 9.69 Å². The van der Waals surface area contributed by atoms with E-state index in [2.05, 4.69) is 25.2 Å². The molecule has 1 aliphatic heterocycles. The molecule has 2 amide bonds. The topological polar surface area (TPSA) is 114 Å². The summed E-state index contributed by atoms with van der Waals surface area (Å²) < 4.78 is 27.1. The summed E-state index contributed by atoms with van der Waals surface area (Å²) in [4.78, 5) is 43.6. The number of fused-ring (bicyclic) bond motifs is 2. The van der Waals surface area contributed by atoms with Gasteiger partial charge in [-0.1, -0.05) is 0 Å². The van der Waals surface area contributed by atoms with E-state index in [4.69, 9.17) is 9.47 Å². The van der Waals surface area contributed by atoms with Crippen LogP contribution in [0.3, 0.4) is 0 Å². The number of rotatable bonds is 4. The summed E-state index contributed by atoms with van der Waals surface area (Å²) in [5.74, 6) is -0.774. The Morgan fingerprint density at radius 2 is 1.78 bits per heavy atom. The van der Waals surface area contributed by atoms with Crippen LogP contribution in [-0.2, 0) is 4.74 Å². The number of aromatic nitrogens is 4. The van der Waals surface area contributed by atoms with Crippen LogP contribution in [0.15, 0.2) is 36.8 Å². The van der Waals surface area contributed by atoms with Gasteiger partial charge in [-0.15, -0.1) is 0 Å².